The Morgan fingerprint density at radius 3 is 2.68 bits per heavy atom. The van der Waals surface area contributed by atoms with Gasteiger partial charge in [-0.25, -0.2) is 4.79 Å². The van der Waals surface area contributed by atoms with Gasteiger partial charge in [0.25, 0.3) is 0 Å². The summed E-state index contributed by atoms with van der Waals surface area (Å²) in [4.78, 5) is 21.6. The first-order valence-corrected chi connectivity index (χ1v) is 6.31. The third kappa shape index (κ3) is 7.80. The predicted molar refractivity (Wildman–Crippen MR) is 67.5 cm³/mol. The summed E-state index contributed by atoms with van der Waals surface area (Å²) in [7, 11) is 0. The number of aliphatic carboxylic acids is 1. The second-order valence-electron chi connectivity index (χ2n) is 4.16. The number of carbonyl (C=O) groups is 2. The van der Waals surface area contributed by atoms with Gasteiger partial charge >= 0.3 is 12.0 Å². The molecular formula is C12H19N3O4. The van der Waals surface area contributed by atoms with E-state index in [1.165, 1.54) is 6.26 Å². The zero-order valence-corrected chi connectivity index (χ0v) is 10.7. The molecule has 0 aliphatic rings. The van der Waals surface area contributed by atoms with Crippen LogP contribution in [0.25, 0.3) is 0 Å². The Balaban J connectivity index is 1.91. The van der Waals surface area contributed by atoms with Gasteiger partial charge in [-0.15, -0.1) is 0 Å². The molecule has 0 fully saturated rings. The van der Waals surface area contributed by atoms with Crippen LogP contribution in [-0.4, -0.2) is 28.8 Å². The SMILES string of the molecule is O=C(O)CCCCCCNC(=O)NCc1ccon1. The van der Waals surface area contributed by atoms with E-state index < -0.39 is 5.97 Å². The molecule has 7 heteroatoms. The summed E-state index contributed by atoms with van der Waals surface area (Å²) in [6.07, 6.45) is 4.98. The number of carboxylic acid groups (broad SMARTS) is 1. The van der Waals surface area contributed by atoms with Crippen molar-refractivity contribution in [3.63, 3.8) is 0 Å². The van der Waals surface area contributed by atoms with E-state index in [4.69, 9.17) is 5.11 Å². The molecule has 0 radical (unpaired) electrons. The Morgan fingerprint density at radius 1 is 1.21 bits per heavy atom. The Hall–Kier alpha value is -2.05. The van der Waals surface area contributed by atoms with Crippen molar-refractivity contribution >= 4 is 12.0 Å². The fourth-order valence-corrected chi connectivity index (χ4v) is 1.52. The van der Waals surface area contributed by atoms with Crippen LogP contribution in [0.2, 0.25) is 0 Å². The summed E-state index contributed by atoms with van der Waals surface area (Å²) < 4.78 is 4.64. The first-order valence-electron chi connectivity index (χ1n) is 6.31. The number of urea groups is 1. The summed E-state index contributed by atoms with van der Waals surface area (Å²) in [6, 6.07) is 1.44. The van der Waals surface area contributed by atoms with Crippen molar-refractivity contribution in [2.45, 2.75) is 38.6 Å². The molecule has 106 valence electrons. The molecular weight excluding hydrogens is 250 g/mol. The van der Waals surface area contributed by atoms with Gasteiger partial charge in [-0.3, -0.25) is 4.79 Å². The standard InChI is InChI=1S/C12H19N3O4/c16-11(17)5-3-1-2-4-7-13-12(18)14-9-10-6-8-19-15-10/h6,8H,1-5,7,9H2,(H,16,17)(H2,13,14,18). The van der Waals surface area contributed by atoms with Crippen LogP contribution in [0.15, 0.2) is 16.9 Å². The Morgan fingerprint density at radius 2 is 2.00 bits per heavy atom. The number of carbonyl (C=O) groups excluding carboxylic acids is 1. The first kappa shape index (κ1) is 15.0. The average molecular weight is 269 g/mol. The Kier molecular flexibility index (Phi) is 7.08. The molecule has 0 atom stereocenters. The van der Waals surface area contributed by atoms with Gasteiger partial charge in [0.05, 0.1) is 6.54 Å². The summed E-state index contributed by atoms with van der Waals surface area (Å²) in [5.74, 6) is -0.759. The van der Waals surface area contributed by atoms with Crippen molar-refractivity contribution in [3.05, 3.63) is 18.0 Å². The number of unbranched alkanes of at least 4 members (excludes halogenated alkanes) is 3. The molecule has 0 saturated heterocycles. The summed E-state index contributed by atoms with van der Waals surface area (Å²) >= 11 is 0. The van der Waals surface area contributed by atoms with E-state index in [1.807, 2.05) is 0 Å². The molecule has 0 saturated carbocycles. The minimum Gasteiger partial charge on any atom is -0.481 e. The van der Waals surface area contributed by atoms with Gasteiger partial charge < -0.3 is 20.3 Å². The van der Waals surface area contributed by atoms with E-state index in [0.29, 0.717) is 25.2 Å². The highest BCUT2D eigenvalue weighted by molar-refractivity contribution is 5.73. The number of rotatable bonds is 9. The second-order valence-corrected chi connectivity index (χ2v) is 4.16. The van der Waals surface area contributed by atoms with Crippen molar-refractivity contribution in [1.82, 2.24) is 15.8 Å². The molecule has 1 rings (SSSR count). The van der Waals surface area contributed by atoms with Crippen molar-refractivity contribution in [2.24, 2.45) is 0 Å². The van der Waals surface area contributed by atoms with Gasteiger partial charge in [0.1, 0.15) is 12.0 Å². The third-order valence-corrected chi connectivity index (χ3v) is 2.52. The zero-order valence-electron chi connectivity index (χ0n) is 10.7. The maximum Gasteiger partial charge on any atom is 0.315 e. The van der Waals surface area contributed by atoms with Crippen LogP contribution < -0.4 is 10.6 Å². The van der Waals surface area contributed by atoms with E-state index in [1.54, 1.807) is 6.07 Å². The lowest BCUT2D eigenvalue weighted by Gasteiger charge is -2.05. The molecule has 1 aromatic rings. The van der Waals surface area contributed by atoms with Gasteiger partial charge in [-0.05, 0) is 12.8 Å². The van der Waals surface area contributed by atoms with E-state index in [9.17, 15) is 9.59 Å². The van der Waals surface area contributed by atoms with E-state index in [0.717, 1.165) is 19.3 Å². The van der Waals surface area contributed by atoms with Crippen LogP contribution >= 0.6 is 0 Å². The molecule has 3 N–H and O–H groups in total. The molecule has 0 bridgehead atoms. The number of aromatic nitrogens is 1. The van der Waals surface area contributed by atoms with Gasteiger partial charge in [-0.2, -0.15) is 0 Å². The minimum atomic E-state index is -0.759. The van der Waals surface area contributed by atoms with Gasteiger partial charge in [0.15, 0.2) is 0 Å². The molecule has 1 heterocycles. The van der Waals surface area contributed by atoms with Crippen LogP contribution in [-0.2, 0) is 11.3 Å². The molecule has 7 nitrogen and oxygen atoms in total. The quantitative estimate of drug-likeness (QED) is 0.589. The predicted octanol–water partition coefficient (Wildman–Crippen LogP) is 1.51. The largest absolute Gasteiger partial charge is 0.481 e. The van der Waals surface area contributed by atoms with Crippen LogP contribution in [0.3, 0.4) is 0 Å². The Labute approximate surface area is 111 Å². The molecule has 19 heavy (non-hydrogen) atoms. The number of hydrogen-bond acceptors (Lipinski definition) is 4. The lowest BCUT2D eigenvalue weighted by atomic mass is 10.1. The van der Waals surface area contributed by atoms with E-state index in [-0.39, 0.29) is 12.5 Å². The lowest BCUT2D eigenvalue weighted by molar-refractivity contribution is -0.137. The molecule has 0 aliphatic carbocycles. The van der Waals surface area contributed by atoms with Crippen LogP contribution in [0.1, 0.15) is 37.8 Å². The van der Waals surface area contributed by atoms with Gasteiger partial charge in [-0.1, -0.05) is 18.0 Å². The summed E-state index contributed by atoms with van der Waals surface area (Å²) in [5.41, 5.74) is 0.670. The van der Waals surface area contributed by atoms with Crippen molar-refractivity contribution in [1.29, 1.82) is 0 Å². The van der Waals surface area contributed by atoms with Gasteiger partial charge in [0.2, 0.25) is 0 Å². The molecule has 2 amide bonds. The molecule has 0 aromatic carbocycles. The Bertz CT molecular complexity index is 378. The number of carboxylic acids is 1. The molecule has 0 aliphatic heterocycles. The molecule has 1 aromatic heterocycles. The number of hydrogen-bond donors (Lipinski definition) is 3. The zero-order chi connectivity index (χ0) is 13.9. The van der Waals surface area contributed by atoms with Crippen LogP contribution in [0.5, 0.6) is 0 Å². The summed E-state index contributed by atoms with van der Waals surface area (Å²) in [5, 5.41) is 17.5. The van der Waals surface area contributed by atoms with E-state index >= 15 is 0 Å². The molecule has 0 unspecified atom stereocenters. The maximum atomic E-state index is 11.4. The lowest BCUT2D eigenvalue weighted by Crippen LogP contribution is -2.35. The molecule has 0 spiro atoms. The van der Waals surface area contributed by atoms with Crippen molar-refractivity contribution < 1.29 is 19.2 Å². The maximum absolute atomic E-state index is 11.4. The van der Waals surface area contributed by atoms with Crippen molar-refractivity contribution in [2.75, 3.05) is 6.54 Å². The second kappa shape index (κ2) is 8.96. The highest BCUT2D eigenvalue weighted by atomic mass is 16.5. The van der Waals surface area contributed by atoms with Crippen LogP contribution in [0, 0.1) is 0 Å². The number of amides is 2. The highest BCUT2D eigenvalue weighted by Crippen LogP contribution is 2.02. The summed E-state index contributed by atoms with van der Waals surface area (Å²) in [6.45, 7) is 0.915. The normalized spacial score (nSPS) is 10.1. The number of nitrogens with one attached hydrogen (secondary N) is 2. The fourth-order valence-electron chi connectivity index (χ4n) is 1.52. The minimum absolute atomic E-state index is 0.214. The van der Waals surface area contributed by atoms with Gasteiger partial charge in [0, 0.05) is 19.0 Å². The fraction of sp³-hybridized carbons (Fsp3) is 0.583. The van der Waals surface area contributed by atoms with Crippen LogP contribution in [0.4, 0.5) is 4.79 Å². The number of nitrogens with zero attached hydrogens (tertiary/aromatic N) is 1. The first-order chi connectivity index (χ1) is 9.18. The smallest absolute Gasteiger partial charge is 0.315 e. The third-order valence-electron chi connectivity index (χ3n) is 2.52. The van der Waals surface area contributed by atoms with E-state index in [2.05, 4.69) is 20.3 Å². The topological polar surface area (TPSA) is 104 Å². The monoisotopic (exact) mass is 269 g/mol. The van der Waals surface area contributed by atoms with Crippen molar-refractivity contribution in [3.8, 4) is 0 Å². The average Bonchev–Trinajstić information content (AvgIpc) is 2.88. The highest BCUT2D eigenvalue weighted by Gasteiger charge is 2.01.